The predicted octanol–water partition coefficient (Wildman–Crippen LogP) is 1.90. The molecule has 2 rings (SSSR count). The summed E-state index contributed by atoms with van der Waals surface area (Å²) in [6, 6.07) is 0. The van der Waals surface area contributed by atoms with Crippen molar-refractivity contribution in [3.05, 3.63) is 0 Å². The minimum Gasteiger partial charge on any atom is -0.381 e. The number of nitrogens with one attached hydrogen (secondary N) is 1. The van der Waals surface area contributed by atoms with E-state index in [0.29, 0.717) is 17.7 Å². The van der Waals surface area contributed by atoms with Gasteiger partial charge in [0.05, 0.1) is 6.61 Å². The van der Waals surface area contributed by atoms with Gasteiger partial charge in [-0.25, -0.2) is 0 Å². The average Bonchev–Trinajstić information content (AvgIpc) is 2.98. The Morgan fingerprint density at radius 1 is 1.40 bits per heavy atom. The summed E-state index contributed by atoms with van der Waals surface area (Å²) in [6.45, 7) is 11.7. The number of amides is 1. The predicted molar refractivity (Wildman–Crippen MR) is 80.6 cm³/mol. The third kappa shape index (κ3) is 3.53. The van der Waals surface area contributed by atoms with E-state index in [1.807, 2.05) is 4.90 Å². The van der Waals surface area contributed by atoms with Crippen molar-refractivity contribution >= 4 is 5.91 Å². The molecule has 0 bridgehead atoms. The maximum Gasteiger partial charge on any atom is 0.228 e. The van der Waals surface area contributed by atoms with E-state index in [1.165, 1.54) is 6.42 Å². The molecule has 2 atom stereocenters. The summed E-state index contributed by atoms with van der Waals surface area (Å²) >= 11 is 0. The van der Waals surface area contributed by atoms with Crippen LogP contribution in [0, 0.1) is 17.3 Å². The number of ether oxygens (including phenoxy) is 1. The van der Waals surface area contributed by atoms with Crippen LogP contribution in [0.5, 0.6) is 0 Å². The quantitative estimate of drug-likeness (QED) is 0.837. The van der Waals surface area contributed by atoms with E-state index in [-0.39, 0.29) is 5.41 Å². The molecule has 0 aliphatic carbocycles. The Morgan fingerprint density at radius 2 is 2.20 bits per heavy atom. The highest BCUT2D eigenvalue weighted by Crippen LogP contribution is 2.34. The zero-order valence-electron chi connectivity index (χ0n) is 13.3. The molecule has 2 unspecified atom stereocenters. The Morgan fingerprint density at radius 3 is 2.75 bits per heavy atom. The molecule has 0 radical (unpaired) electrons. The highest BCUT2D eigenvalue weighted by Gasteiger charge is 2.40. The van der Waals surface area contributed by atoms with Crippen LogP contribution in [-0.4, -0.2) is 50.2 Å². The van der Waals surface area contributed by atoms with Crippen LogP contribution >= 0.6 is 0 Å². The molecular formula is C16H30N2O2. The van der Waals surface area contributed by atoms with Crippen LogP contribution in [0.15, 0.2) is 0 Å². The van der Waals surface area contributed by atoms with Gasteiger partial charge in [-0.05, 0) is 45.2 Å². The van der Waals surface area contributed by atoms with Crippen LogP contribution in [0.1, 0.15) is 40.0 Å². The van der Waals surface area contributed by atoms with Gasteiger partial charge >= 0.3 is 0 Å². The Bertz CT molecular complexity index is 318. The minimum atomic E-state index is -0.261. The lowest BCUT2D eigenvalue weighted by molar-refractivity contribution is -0.144. The van der Waals surface area contributed by atoms with E-state index < -0.39 is 0 Å². The molecule has 0 saturated carbocycles. The minimum absolute atomic E-state index is 0.261. The van der Waals surface area contributed by atoms with Crippen LogP contribution in [0.3, 0.4) is 0 Å². The molecule has 2 heterocycles. The largest absolute Gasteiger partial charge is 0.381 e. The molecule has 116 valence electrons. The van der Waals surface area contributed by atoms with E-state index >= 15 is 0 Å². The van der Waals surface area contributed by atoms with E-state index in [9.17, 15) is 4.79 Å². The standard InChI is InChI=1S/C16H30N2O2/c1-4-18(11-13-7-9-20-12-13)15(19)16(2,3)14-6-5-8-17-10-14/h13-14,17H,4-12H2,1-3H3. The molecule has 20 heavy (non-hydrogen) atoms. The summed E-state index contributed by atoms with van der Waals surface area (Å²) in [5.74, 6) is 1.30. The second kappa shape index (κ2) is 6.90. The third-order valence-corrected chi connectivity index (χ3v) is 5.04. The average molecular weight is 282 g/mol. The van der Waals surface area contributed by atoms with Crippen molar-refractivity contribution < 1.29 is 9.53 Å². The summed E-state index contributed by atoms with van der Waals surface area (Å²) in [7, 11) is 0. The molecule has 0 aromatic heterocycles. The molecule has 2 aliphatic rings. The lowest BCUT2D eigenvalue weighted by atomic mass is 9.74. The van der Waals surface area contributed by atoms with Crippen molar-refractivity contribution in [1.82, 2.24) is 10.2 Å². The Hall–Kier alpha value is -0.610. The smallest absolute Gasteiger partial charge is 0.228 e. The van der Waals surface area contributed by atoms with Crippen LogP contribution in [0.4, 0.5) is 0 Å². The van der Waals surface area contributed by atoms with Crippen molar-refractivity contribution in [3.63, 3.8) is 0 Å². The van der Waals surface area contributed by atoms with Gasteiger partial charge in [-0.15, -0.1) is 0 Å². The summed E-state index contributed by atoms with van der Waals surface area (Å²) in [5.41, 5.74) is -0.261. The number of carbonyl (C=O) groups is 1. The molecule has 1 amide bonds. The van der Waals surface area contributed by atoms with E-state index in [2.05, 4.69) is 26.1 Å². The normalized spacial score (nSPS) is 27.6. The number of nitrogens with zero attached hydrogens (tertiary/aromatic N) is 1. The number of rotatable bonds is 5. The van der Waals surface area contributed by atoms with Crippen LogP contribution in [0.2, 0.25) is 0 Å². The van der Waals surface area contributed by atoms with E-state index in [1.54, 1.807) is 0 Å². The maximum absolute atomic E-state index is 12.9. The zero-order valence-corrected chi connectivity index (χ0v) is 13.3. The van der Waals surface area contributed by atoms with Crippen molar-refractivity contribution in [2.75, 3.05) is 39.4 Å². The van der Waals surface area contributed by atoms with Gasteiger partial charge in [0.1, 0.15) is 0 Å². The second-order valence-corrected chi connectivity index (χ2v) is 6.84. The molecule has 2 fully saturated rings. The van der Waals surface area contributed by atoms with Gasteiger partial charge in [-0.2, -0.15) is 0 Å². The van der Waals surface area contributed by atoms with Crippen LogP contribution in [0.25, 0.3) is 0 Å². The monoisotopic (exact) mass is 282 g/mol. The van der Waals surface area contributed by atoms with Crippen molar-refractivity contribution in [2.45, 2.75) is 40.0 Å². The third-order valence-electron chi connectivity index (χ3n) is 5.04. The Labute approximate surface area is 123 Å². The van der Waals surface area contributed by atoms with E-state index in [4.69, 9.17) is 4.74 Å². The fourth-order valence-electron chi connectivity index (χ4n) is 3.44. The van der Waals surface area contributed by atoms with Crippen molar-refractivity contribution in [2.24, 2.45) is 17.3 Å². The topological polar surface area (TPSA) is 41.6 Å². The van der Waals surface area contributed by atoms with Gasteiger partial charge < -0.3 is 15.0 Å². The molecule has 0 aromatic rings. The first-order chi connectivity index (χ1) is 9.55. The first-order valence-electron chi connectivity index (χ1n) is 8.13. The first-order valence-corrected chi connectivity index (χ1v) is 8.13. The van der Waals surface area contributed by atoms with Gasteiger partial charge in [0.2, 0.25) is 5.91 Å². The zero-order chi connectivity index (χ0) is 14.6. The van der Waals surface area contributed by atoms with Gasteiger partial charge in [0.15, 0.2) is 0 Å². The molecule has 0 spiro atoms. The fraction of sp³-hybridized carbons (Fsp3) is 0.938. The highest BCUT2D eigenvalue weighted by atomic mass is 16.5. The number of piperidine rings is 1. The summed E-state index contributed by atoms with van der Waals surface area (Å²) in [5, 5.41) is 3.44. The molecular weight excluding hydrogens is 252 g/mol. The van der Waals surface area contributed by atoms with Gasteiger partial charge in [-0.1, -0.05) is 13.8 Å². The summed E-state index contributed by atoms with van der Waals surface area (Å²) < 4.78 is 5.44. The number of hydrogen-bond donors (Lipinski definition) is 1. The summed E-state index contributed by atoms with van der Waals surface area (Å²) in [6.07, 6.45) is 3.44. The molecule has 0 aromatic carbocycles. The van der Waals surface area contributed by atoms with Gasteiger partial charge in [0.25, 0.3) is 0 Å². The highest BCUT2D eigenvalue weighted by molar-refractivity contribution is 5.82. The second-order valence-electron chi connectivity index (χ2n) is 6.84. The molecule has 4 heteroatoms. The Balaban J connectivity index is 1.97. The SMILES string of the molecule is CCN(CC1CCOC1)C(=O)C(C)(C)C1CCCNC1. The van der Waals surface area contributed by atoms with Gasteiger partial charge in [0, 0.05) is 31.0 Å². The first kappa shape index (κ1) is 15.8. The van der Waals surface area contributed by atoms with E-state index in [0.717, 1.165) is 52.2 Å². The molecule has 2 aliphatic heterocycles. The molecule has 1 N–H and O–H groups in total. The fourth-order valence-corrected chi connectivity index (χ4v) is 3.44. The van der Waals surface area contributed by atoms with Crippen LogP contribution < -0.4 is 5.32 Å². The number of carbonyl (C=O) groups excluding carboxylic acids is 1. The summed E-state index contributed by atoms with van der Waals surface area (Å²) in [4.78, 5) is 15.0. The van der Waals surface area contributed by atoms with Crippen molar-refractivity contribution in [1.29, 1.82) is 0 Å². The lowest BCUT2D eigenvalue weighted by Crippen LogP contribution is -2.50. The van der Waals surface area contributed by atoms with Crippen molar-refractivity contribution in [3.8, 4) is 0 Å². The van der Waals surface area contributed by atoms with Gasteiger partial charge in [-0.3, -0.25) is 4.79 Å². The maximum atomic E-state index is 12.9. The Kier molecular flexibility index (Phi) is 5.44. The molecule has 2 saturated heterocycles. The lowest BCUT2D eigenvalue weighted by Gasteiger charge is -2.40. The van der Waals surface area contributed by atoms with Crippen LogP contribution in [-0.2, 0) is 9.53 Å². The number of hydrogen-bond acceptors (Lipinski definition) is 3. The molecule has 4 nitrogen and oxygen atoms in total.